The Balaban J connectivity index is 0.000000415. The van der Waals surface area contributed by atoms with Gasteiger partial charge in [0.25, 0.3) is 5.97 Å². The first-order chi connectivity index (χ1) is 11.9. The largest absolute Gasteiger partial charge is 0.481 e. The Hall–Kier alpha value is -2.54. The molecule has 0 atom stereocenters. The van der Waals surface area contributed by atoms with Gasteiger partial charge in [-0.05, 0) is 42.0 Å². The predicted molar refractivity (Wildman–Crippen MR) is 93.3 cm³/mol. The molecular formula is C18H23N3O4. The van der Waals surface area contributed by atoms with Crippen LogP contribution in [0.3, 0.4) is 0 Å². The van der Waals surface area contributed by atoms with Crippen LogP contribution in [-0.4, -0.2) is 46.2 Å². The van der Waals surface area contributed by atoms with Crippen LogP contribution in [0.4, 0.5) is 4.79 Å². The molecule has 0 bridgehead atoms. The third kappa shape index (κ3) is 3.93. The number of carboxylic acids is 1. The molecule has 1 amide bonds. The van der Waals surface area contributed by atoms with Gasteiger partial charge >= 0.3 is 6.09 Å². The van der Waals surface area contributed by atoms with E-state index in [1.54, 1.807) is 4.90 Å². The van der Waals surface area contributed by atoms with Crippen molar-refractivity contribution in [1.82, 2.24) is 9.88 Å². The molecule has 7 heteroatoms. The number of H-pyrrole nitrogens is 1. The van der Waals surface area contributed by atoms with Crippen LogP contribution in [0.25, 0.3) is 10.9 Å². The summed E-state index contributed by atoms with van der Waals surface area (Å²) in [6, 6.07) is 6.70. The molecule has 0 unspecified atom stereocenters. The van der Waals surface area contributed by atoms with E-state index in [0.717, 1.165) is 30.8 Å². The molecule has 7 nitrogen and oxygen atoms in total. The van der Waals surface area contributed by atoms with Gasteiger partial charge in [0.15, 0.2) is 0 Å². The number of nitrogens with zero attached hydrogens (tertiary/aromatic N) is 1. The molecule has 134 valence electrons. The highest BCUT2D eigenvalue weighted by molar-refractivity contribution is 5.84. The third-order valence-electron chi connectivity index (χ3n) is 4.61. The number of amides is 1. The van der Waals surface area contributed by atoms with E-state index in [4.69, 9.17) is 20.4 Å². The Bertz CT molecular complexity index is 776. The van der Waals surface area contributed by atoms with E-state index < -0.39 is 5.97 Å². The number of benzene rings is 1. The van der Waals surface area contributed by atoms with Crippen molar-refractivity contribution in [2.45, 2.75) is 38.3 Å². The first kappa shape index (κ1) is 17.3. The van der Waals surface area contributed by atoms with Crippen LogP contribution in [0, 0.1) is 0 Å². The average Bonchev–Trinajstić information content (AvgIpc) is 3.10. The first-order valence-corrected chi connectivity index (χ1v) is 8.40. The zero-order chi connectivity index (χ0) is 18.0. The summed E-state index contributed by atoms with van der Waals surface area (Å²) in [6.45, 7) is 2.87. The van der Waals surface area contributed by atoms with E-state index in [2.05, 4.69) is 29.4 Å². The number of rotatable bonds is 3. The van der Waals surface area contributed by atoms with E-state index in [1.165, 1.54) is 10.9 Å². The zero-order valence-corrected chi connectivity index (χ0v) is 14.2. The predicted octanol–water partition coefficient (Wildman–Crippen LogP) is 2.42. The lowest BCUT2D eigenvalue weighted by molar-refractivity contribution is -0.134. The Kier molecular flexibility index (Phi) is 4.94. The number of carbonyl (C=O) groups is 2. The van der Waals surface area contributed by atoms with Crippen molar-refractivity contribution in [3.8, 4) is 0 Å². The molecule has 1 aliphatic carbocycles. The minimum Gasteiger partial charge on any atom is -0.481 e. The van der Waals surface area contributed by atoms with Crippen molar-refractivity contribution >= 4 is 23.0 Å². The van der Waals surface area contributed by atoms with E-state index in [-0.39, 0.29) is 6.09 Å². The van der Waals surface area contributed by atoms with Crippen molar-refractivity contribution in [2.75, 3.05) is 13.2 Å². The molecule has 2 fully saturated rings. The van der Waals surface area contributed by atoms with Crippen LogP contribution in [0.5, 0.6) is 0 Å². The van der Waals surface area contributed by atoms with Crippen LogP contribution >= 0.6 is 0 Å². The van der Waals surface area contributed by atoms with Gasteiger partial charge in [-0.25, -0.2) is 4.79 Å². The van der Waals surface area contributed by atoms with Crippen molar-refractivity contribution in [2.24, 2.45) is 5.73 Å². The maximum Gasteiger partial charge on any atom is 0.410 e. The quantitative estimate of drug-likeness (QED) is 0.791. The van der Waals surface area contributed by atoms with Crippen LogP contribution < -0.4 is 5.73 Å². The fourth-order valence-corrected chi connectivity index (χ4v) is 3.33. The molecule has 2 aromatic rings. The Morgan fingerprint density at radius 1 is 1.44 bits per heavy atom. The molecule has 0 spiro atoms. The van der Waals surface area contributed by atoms with Crippen LogP contribution in [0.15, 0.2) is 24.4 Å². The van der Waals surface area contributed by atoms with Crippen LogP contribution in [0.2, 0.25) is 0 Å². The number of carbonyl (C=O) groups excluding carboxylic acids is 1. The number of aromatic amines is 1. The van der Waals surface area contributed by atoms with Crippen molar-refractivity contribution in [3.05, 3.63) is 35.5 Å². The summed E-state index contributed by atoms with van der Waals surface area (Å²) in [6.07, 6.45) is 4.02. The number of cyclic esters (lactones) is 1. The van der Waals surface area contributed by atoms with E-state index >= 15 is 0 Å². The smallest absolute Gasteiger partial charge is 0.410 e. The number of carboxylic acid groups (broad SMARTS) is 1. The SMILES string of the molecule is CC(=O)O.N[C@H]1C[C@H](c2c[nH]c3ccc(CN4CCOC4=O)cc32)C1. The molecule has 0 radical (unpaired) electrons. The van der Waals surface area contributed by atoms with Crippen LogP contribution in [-0.2, 0) is 16.1 Å². The second-order valence-corrected chi connectivity index (χ2v) is 6.61. The van der Waals surface area contributed by atoms with E-state index in [1.807, 2.05) is 0 Å². The number of hydrogen-bond donors (Lipinski definition) is 3. The van der Waals surface area contributed by atoms with Gasteiger partial charge in [0, 0.05) is 36.6 Å². The number of aromatic nitrogens is 1. The molecule has 25 heavy (non-hydrogen) atoms. The van der Waals surface area contributed by atoms with Gasteiger partial charge in [0.1, 0.15) is 6.61 Å². The van der Waals surface area contributed by atoms with Gasteiger partial charge in [-0.1, -0.05) is 6.07 Å². The Labute approximate surface area is 145 Å². The van der Waals surface area contributed by atoms with Gasteiger partial charge in [-0.15, -0.1) is 0 Å². The van der Waals surface area contributed by atoms with Gasteiger partial charge in [-0.2, -0.15) is 0 Å². The lowest BCUT2D eigenvalue weighted by Gasteiger charge is -2.32. The summed E-state index contributed by atoms with van der Waals surface area (Å²) in [5.41, 5.74) is 9.56. The molecule has 1 aromatic carbocycles. The minimum absolute atomic E-state index is 0.214. The normalized spacial score (nSPS) is 22.2. The monoisotopic (exact) mass is 345 g/mol. The number of fused-ring (bicyclic) bond motifs is 1. The topological polar surface area (TPSA) is 109 Å². The van der Waals surface area contributed by atoms with Gasteiger partial charge in [0.2, 0.25) is 0 Å². The fourth-order valence-electron chi connectivity index (χ4n) is 3.33. The Morgan fingerprint density at radius 3 is 2.76 bits per heavy atom. The second-order valence-electron chi connectivity index (χ2n) is 6.61. The maximum atomic E-state index is 11.5. The molecule has 4 N–H and O–H groups in total. The lowest BCUT2D eigenvalue weighted by atomic mass is 9.76. The molecule has 4 rings (SSSR count). The molecule has 2 aliphatic rings. The van der Waals surface area contributed by atoms with Gasteiger partial charge in [0.05, 0.1) is 6.54 Å². The van der Waals surface area contributed by atoms with Gasteiger partial charge in [-0.3, -0.25) is 4.79 Å². The lowest BCUT2D eigenvalue weighted by Crippen LogP contribution is -2.34. The van der Waals surface area contributed by atoms with Crippen molar-refractivity contribution in [1.29, 1.82) is 0 Å². The number of nitrogens with one attached hydrogen (secondary N) is 1. The zero-order valence-electron chi connectivity index (χ0n) is 14.2. The highest BCUT2D eigenvalue weighted by Gasteiger charge is 2.29. The summed E-state index contributed by atoms with van der Waals surface area (Å²) in [5, 5.41) is 8.68. The highest BCUT2D eigenvalue weighted by Crippen LogP contribution is 2.39. The molecular weight excluding hydrogens is 322 g/mol. The summed E-state index contributed by atoms with van der Waals surface area (Å²) in [5.74, 6) is -0.263. The fraction of sp³-hybridized carbons (Fsp3) is 0.444. The van der Waals surface area contributed by atoms with Crippen LogP contribution in [0.1, 0.15) is 36.8 Å². The van der Waals surface area contributed by atoms with E-state index in [9.17, 15) is 4.79 Å². The second kappa shape index (κ2) is 7.14. The standard InChI is InChI=1S/C16H19N3O2.C2H4O2/c17-12-6-11(7-12)14-8-18-15-2-1-10(5-13(14)15)9-19-3-4-21-16(19)20;1-2(3)4/h1-2,5,8,11-12,18H,3-4,6-7,9,17H2;1H3,(H,3,4)/t11-,12-;. The molecule has 1 saturated carbocycles. The molecule has 1 aliphatic heterocycles. The molecule has 2 heterocycles. The van der Waals surface area contributed by atoms with Crippen molar-refractivity contribution < 1.29 is 19.4 Å². The highest BCUT2D eigenvalue weighted by atomic mass is 16.6. The summed E-state index contributed by atoms with van der Waals surface area (Å²) >= 11 is 0. The number of nitrogens with two attached hydrogens (primary N) is 1. The van der Waals surface area contributed by atoms with Crippen molar-refractivity contribution in [3.63, 3.8) is 0 Å². The third-order valence-corrected chi connectivity index (χ3v) is 4.61. The number of aliphatic carboxylic acids is 1. The van der Waals surface area contributed by atoms with E-state index in [0.29, 0.717) is 31.7 Å². The number of hydrogen-bond acceptors (Lipinski definition) is 4. The molecule has 1 saturated heterocycles. The average molecular weight is 345 g/mol. The Morgan fingerprint density at radius 2 is 2.16 bits per heavy atom. The van der Waals surface area contributed by atoms with Gasteiger partial charge < -0.3 is 25.5 Å². The summed E-state index contributed by atoms with van der Waals surface area (Å²) in [4.78, 5) is 25.6. The molecule has 1 aromatic heterocycles. The maximum absolute atomic E-state index is 11.5. The first-order valence-electron chi connectivity index (χ1n) is 8.40. The number of ether oxygens (including phenoxy) is 1. The minimum atomic E-state index is -0.833. The summed E-state index contributed by atoms with van der Waals surface area (Å²) in [7, 11) is 0. The summed E-state index contributed by atoms with van der Waals surface area (Å²) < 4.78 is 4.98.